The summed E-state index contributed by atoms with van der Waals surface area (Å²) in [7, 11) is -3.43. The highest BCUT2D eigenvalue weighted by Gasteiger charge is 2.31. The van der Waals surface area contributed by atoms with Gasteiger partial charge in [-0.05, 0) is 43.9 Å². The molecular formula is C15H20O4S. The van der Waals surface area contributed by atoms with Crippen LogP contribution in [0.15, 0.2) is 17.0 Å². The van der Waals surface area contributed by atoms with Gasteiger partial charge in [0.25, 0.3) is 0 Å². The lowest BCUT2D eigenvalue weighted by Gasteiger charge is -2.23. The second kappa shape index (κ2) is 5.56. The Morgan fingerprint density at radius 1 is 1.10 bits per heavy atom. The second-order valence-corrected chi connectivity index (χ2v) is 7.74. The molecule has 0 aromatic heterocycles. The highest BCUT2D eigenvalue weighted by molar-refractivity contribution is 7.92. The Hall–Kier alpha value is -1.36. The molecule has 1 aliphatic carbocycles. The first-order chi connectivity index (χ1) is 9.34. The minimum Gasteiger partial charge on any atom is -0.478 e. The van der Waals surface area contributed by atoms with Crippen molar-refractivity contribution >= 4 is 15.8 Å². The first kappa shape index (κ1) is 15.0. The predicted octanol–water partition coefficient (Wildman–Crippen LogP) is 3.11. The molecule has 0 saturated heterocycles. The fraction of sp³-hybridized carbons (Fsp3) is 0.533. The molecule has 0 spiro atoms. The summed E-state index contributed by atoms with van der Waals surface area (Å²) < 4.78 is 25.4. The lowest BCUT2D eigenvalue weighted by Crippen LogP contribution is -2.25. The van der Waals surface area contributed by atoms with E-state index >= 15 is 0 Å². The molecule has 1 aliphatic rings. The van der Waals surface area contributed by atoms with Gasteiger partial charge in [-0.3, -0.25) is 0 Å². The van der Waals surface area contributed by atoms with Gasteiger partial charge in [-0.25, -0.2) is 13.2 Å². The molecule has 1 N–H and O–H groups in total. The molecule has 20 heavy (non-hydrogen) atoms. The zero-order chi connectivity index (χ0) is 14.9. The van der Waals surface area contributed by atoms with Crippen molar-refractivity contribution in [1.82, 2.24) is 0 Å². The summed E-state index contributed by atoms with van der Waals surface area (Å²) in [5.41, 5.74) is 1.31. The van der Waals surface area contributed by atoms with Gasteiger partial charge in [0.1, 0.15) is 0 Å². The highest BCUT2D eigenvalue weighted by Crippen LogP contribution is 2.31. The normalized spacial score (nSPS) is 17.1. The average Bonchev–Trinajstić information content (AvgIpc) is 2.39. The number of sulfone groups is 1. The van der Waals surface area contributed by atoms with Crippen LogP contribution in [0.4, 0.5) is 0 Å². The molecule has 4 nitrogen and oxygen atoms in total. The Labute approximate surface area is 119 Å². The second-order valence-electron chi connectivity index (χ2n) is 5.54. The van der Waals surface area contributed by atoms with Gasteiger partial charge in [-0.1, -0.05) is 25.3 Å². The smallest absolute Gasteiger partial charge is 0.335 e. The van der Waals surface area contributed by atoms with Gasteiger partial charge >= 0.3 is 5.97 Å². The Morgan fingerprint density at radius 3 is 2.25 bits per heavy atom. The van der Waals surface area contributed by atoms with Crippen LogP contribution < -0.4 is 0 Å². The Morgan fingerprint density at radius 2 is 1.70 bits per heavy atom. The molecule has 2 rings (SSSR count). The minimum absolute atomic E-state index is 0.0741. The molecule has 0 bridgehead atoms. The van der Waals surface area contributed by atoms with Gasteiger partial charge in [-0.15, -0.1) is 0 Å². The van der Waals surface area contributed by atoms with Crippen LogP contribution in [-0.2, 0) is 9.84 Å². The zero-order valence-electron chi connectivity index (χ0n) is 11.8. The summed E-state index contributed by atoms with van der Waals surface area (Å²) in [6, 6.07) is 2.98. The molecule has 0 unspecified atom stereocenters. The quantitative estimate of drug-likeness (QED) is 0.930. The van der Waals surface area contributed by atoms with Crippen molar-refractivity contribution in [3.05, 3.63) is 28.8 Å². The van der Waals surface area contributed by atoms with E-state index in [-0.39, 0.29) is 15.7 Å². The highest BCUT2D eigenvalue weighted by atomic mass is 32.2. The van der Waals surface area contributed by atoms with Crippen LogP contribution in [0.3, 0.4) is 0 Å². The van der Waals surface area contributed by atoms with Crippen LogP contribution in [0.5, 0.6) is 0 Å². The van der Waals surface area contributed by atoms with Gasteiger partial charge in [0.2, 0.25) is 0 Å². The molecule has 0 atom stereocenters. The van der Waals surface area contributed by atoms with E-state index in [1.165, 1.54) is 6.07 Å². The Bertz CT molecular complexity index is 626. The third-order valence-corrected chi connectivity index (χ3v) is 6.45. The number of aryl methyl sites for hydroxylation is 2. The number of carboxylic acids is 1. The molecule has 0 radical (unpaired) electrons. The van der Waals surface area contributed by atoms with Crippen LogP contribution in [0, 0.1) is 13.8 Å². The minimum atomic E-state index is -3.43. The van der Waals surface area contributed by atoms with Crippen LogP contribution in [0.2, 0.25) is 0 Å². The van der Waals surface area contributed by atoms with Crippen molar-refractivity contribution < 1.29 is 18.3 Å². The van der Waals surface area contributed by atoms with Crippen LogP contribution >= 0.6 is 0 Å². The number of aromatic carboxylic acids is 1. The largest absolute Gasteiger partial charge is 0.478 e. The van der Waals surface area contributed by atoms with Gasteiger partial charge < -0.3 is 5.11 Å². The SMILES string of the molecule is Cc1cc(C)c(S(=O)(=O)C2CCCCC2)cc1C(=O)O. The summed E-state index contributed by atoms with van der Waals surface area (Å²) in [5.74, 6) is -1.08. The van der Waals surface area contributed by atoms with E-state index in [1.54, 1.807) is 19.9 Å². The molecule has 0 heterocycles. The maximum atomic E-state index is 12.7. The van der Waals surface area contributed by atoms with Gasteiger partial charge in [0.05, 0.1) is 15.7 Å². The van der Waals surface area contributed by atoms with Crippen molar-refractivity contribution in [2.45, 2.75) is 56.1 Å². The van der Waals surface area contributed by atoms with Crippen LogP contribution in [0.1, 0.15) is 53.6 Å². The first-order valence-corrected chi connectivity index (χ1v) is 8.47. The van der Waals surface area contributed by atoms with Crippen molar-refractivity contribution in [1.29, 1.82) is 0 Å². The number of hydrogen-bond acceptors (Lipinski definition) is 3. The van der Waals surface area contributed by atoms with E-state index in [2.05, 4.69) is 0 Å². The molecule has 1 fully saturated rings. The molecule has 1 aromatic rings. The van der Waals surface area contributed by atoms with Gasteiger partial charge in [0, 0.05) is 0 Å². The third kappa shape index (κ3) is 2.73. The summed E-state index contributed by atoms with van der Waals surface area (Å²) in [4.78, 5) is 11.4. The summed E-state index contributed by atoms with van der Waals surface area (Å²) in [6.07, 6.45) is 4.30. The van der Waals surface area contributed by atoms with E-state index in [0.717, 1.165) is 19.3 Å². The van der Waals surface area contributed by atoms with Crippen molar-refractivity contribution in [2.24, 2.45) is 0 Å². The first-order valence-electron chi connectivity index (χ1n) is 6.92. The lowest BCUT2D eigenvalue weighted by atomic mass is 10.0. The molecule has 1 aromatic carbocycles. The maximum Gasteiger partial charge on any atom is 0.335 e. The molecule has 5 heteroatoms. The van der Waals surface area contributed by atoms with Gasteiger partial charge in [-0.2, -0.15) is 0 Å². The fourth-order valence-electron chi connectivity index (χ4n) is 2.92. The van der Waals surface area contributed by atoms with Crippen molar-refractivity contribution in [3.8, 4) is 0 Å². The Kier molecular flexibility index (Phi) is 4.18. The standard InChI is InChI=1S/C15H20O4S/c1-10-8-11(2)14(9-13(10)15(16)17)20(18,19)12-6-4-3-5-7-12/h8-9,12H,3-7H2,1-2H3,(H,16,17). The van der Waals surface area contributed by atoms with E-state index in [9.17, 15) is 13.2 Å². The fourth-order valence-corrected chi connectivity index (χ4v) is 5.03. The van der Waals surface area contributed by atoms with E-state index in [1.807, 2.05) is 0 Å². The number of rotatable bonds is 3. The van der Waals surface area contributed by atoms with Crippen LogP contribution in [0.25, 0.3) is 0 Å². The molecule has 1 saturated carbocycles. The number of hydrogen-bond donors (Lipinski definition) is 1. The van der Waals surface area contributed by atoms with Crippen LogP contribution in [-0.4, -0.2) is 24.7 Å². The number of carboxylic acid groups (broad SMARTS) is 1. The molecule has 110 valence electrons. The monoisotopic (exact) mass is 296 g/mol. The average molecular weight is 296 g/mol. The number of benzene rings is 1. The van der Waals surface area contributed by atoms with Crippen molar-refractivity contribution in [3.63, 3.8) is 0 Å². The lowest BCUT2D eigenvalue weighted by molar-refractivity contribution is 0.0696. The van der Waals surface area contributed by atoms with E-state index in [0.29, 0.717) is 24.0 Å². The van der Waals surface area contributed by atoms with E-state index in [4.69, 9.17) is 5.11 Å². The van der Waals surface area contributed by atoms with Crippen molar-refractivity contribution in [2.75, 3.05) is 0 Å². The Balaban J connectivity index is 2.50. The topological polar surface area (TPSA) is 71.4 Å². The maximum absolute atomic E-state index is 12.7. The third-order valence-electron chi connectivity index (χ3n) is 4.05. The predicted molar refractivity (Wildman–Crippen MR) is 76.9 cm³/mol. The summed E-state index contributed by atoms with van der Waals surface area (Å²) in [5, 5.41) is 8.80. The van der Waals surface area contributed by atoms with Gasteiger partial charge in [0.15, 0.2) is 9.84 Å². The molecule has 0 amide bonds. The number of carbonyl (C=O) groups is 1. The van der Waals surface area contributed by atoms with E-state index < -0.39 is 15.8 Å². The molecule has 0 aliphatic heterocycles. The molecular weight excluding hydrogens is 276 g/mol. The zero-order valence-corrected chi connectivity index (χ0v) is 12.7. The summed E-state index contributed by atoms with van der Waals surface area (Å²) in [6.45, 7) is 3.42. The summed E-state index contributed by atoms with van der Waals surface area (Å²) >= 11 is 0.